The van der Waals surface area contributed by atoms with Gasteiger partial charge in [-0.15, -0.1) is 0 Å². The molecule has 2 atom stereocenters. The number of hydrogen-bond donors (Lipinski definition) is 1. The molecule has 1 N–H and O–H groups in total. The van der Waals surface area contributed by atoms with Crippen molar-refractivity contribution in [1.29, 1.82) is 0 Å². The van der Waals surface area contributed by atoms with Crippen LogP contribution in [0.15, 0.2) is 60.7 Å². The van der Waals surface area contributed by atoms with E-state index in [1.807, 2.05) is 36.4 Å². The van der Waals surface area contributed by atoms with Crippen molar-refractivity contribution in [3.05, 3.63) is 71.8 Å². The Hall–Kier alpha value is -2.13. The predicted molar refractivity (Wildman–Crippen MR) is 78.6 cm³/mol. The van der Waals surface area contributed by atoms with Crippen LogP contribution in [0.4, 0.5) is 0 Å². The van der Waals surface area contributed by atoms with E-state index in [-0.39, 0.29) is 18.0 Å². The monoisotopic (exact) mass is 266 g/mol. The van der Waals surface area contributed by atoms with Crippen LogP contribution >= 0.6 is 0 Å². The number of carbonyl (C=O) groups excluding carboxylic acids is 1. The zero-order valence-electron chi connectivity index (χ0n) is 11.5. The second kappa shape index (κ2) is 5.47. The molecule has 0 saturated carbocycles. The SMILES string of the molecule is CC(=O)N1N[C@H](c2ccccc2)C[C@H]1c1ccccc1. The van der Waals surface area contributed by atoms with E-state index < -0.39 is 0 Å². The number of rotatable bonds is 2. The first kappa shape index (κ1) is 12.9. The fourth-order valence-corrected chi connectivity index (χ4v) is 2.81. The molecule has 0 aliphatic carbocycles. The molecule has 1 saturated heterocycles. The Morgan fingerprint density at radius 2 is 1.55 bits per heavy atom. The number of benzene rings is 2. The molecule has 0 radical (unpaired) electrons. The van der Waals surface area contributed by atoms with E-state index in [4.69, 9.17) is 0 Å². The Labute approximate surface area is 119 Å². The highest BCUT2D eigenvalue weighted by molar-refractivity contribution is 5.73. The Bertz CT molecular complexity index is 582. The standard InChI is InChI=1S/C17H18N2O/c1-13(20)19-17(15-10-6-3-7-11-15)12-16(18-19)14-8-4-2-5-9-14/h2-11,16-18H,12H2,1H3/t16-,17-/m0/s1. The summed E-state index contributed by atoms with van der Waals surface area (Å²) in [6.45, 7) is 1.61. The van der Waals surface area contributed by atoms with Crippen molar-refractivity contribution < 1.29 is 4.79 Å². The number of hydrogen-bond acceptors (Lipinski definition) is 2. The number of nitrogens with zero attached hydrogens (tertiary/aromatic N) is 1. The van der Waals surface area contributed by atoms with Gasteiger partial charge in [0.1, 0.15) is 0 Å². The molecule has 0 spiro atoms. The van der Waals surface area contributed by atoms with Crippen molar-refractivity contribution in [3.8, 4) is 0 Å². The fourth-order valence-electron chi connectivity index (χ4n) is 2.81. The van der Waals surface area contributed by atoms with Crippen molar-refractivity contribution in [1.82, 2.24) is 10.4 Å². The molecule has 2 aromatic rings. The van der Waals surface area contributed by atoms with E-state index >= 15 is 0 Å². The molecule has 1 heterocycles. The summed E-state index contributed by atoms with van der Waals surface area (Å²) in [5.74, 6) is 0.0530. The molecule has 0 aromatic heterocycles. The van der Waals surface area contributed by atoms with Gasteiger partial charge in [-0.3, -0.25) is 9.80 Å². The van der Waals surface area contributed by atoms with Gasteiger partial charge in [-0.2, -0.15) is 0 Å². The Kier molecular flexibility index (Phi) is 3.52. The zero-order chi connectivity index (χ0) is 13.9. The zero-order valence-corrected chi connectivity index (χ0v) is 11.5. The van der Waals surface area contributed by atoms with Crippen LogP contribution in [0.1, 0.15) is 36.6 Å². The van der Waals surface area contributed by atoms with Gasteiger partial charge in [0, 0.05) is 6.92 Å². The third-order valence-electron chi connectivity index (χ3n) is 3.79. The lowest BCUT2D eigenvalue weighted by Crippen LogP contribution is -2.37. The molecule has 3 rings (SSSR count). The van der Waals surface area contributed by atoms with Crippen molar-refractivity contribution in [2.24, 2.45) is 0 Å². The van der Waals surface area contributed by atoms with Crippen LogP contribution in [0.5, 0.6) is 0 Å². The maximum atomic E-state index is 11.9. The third-order valence-corrected chi connectivity index (χ3v) is 3.79. The summed E-state index contributed by atoms with van der Waals surface area (Å²) in [5, 5.41) is 1.76. The lowest BCUT2D eigenvalue weighted by Gasteiger charge is -2.23. The first-order chi connectivity index (χ1) is 9.75. The highest BCUT2D eigenvalue weighted by Crippen LogP contribution is 2.36. The molecule has 1 aliphatic rings. The van der Waals surface area contributed by atoms with Gasteiger partial charge in [0.25, 0.3) is 0 Å². The first-order valence-corrected chi connectivity index (χ1v) is 6.91. The molecular formula is C17H18N2O. The van der Waals surface area contributed by atoms with Crippen molar-refractivity contribution in [2.75, 3.05) is 0 Å². The normalized spacial score (nSPS) is 21.9. The molecule has 1 fully saturated rings. The molecule has 102 valence electrons. The Balaban J connectivity index is 1.89. The highest BCUT2D eigenvalue weighted by atomic mass is 16.2. The quantitative estimate of drug-likeness (QED) is 0.905. The van der Waals surface area contributed by atoms with Gasteiger partial charge >= 0.3 is 0 Å². The molecule has 1 amide bonds. The lowest BCUT2D eigenvalue weighted by atomic mass is 9.97. The van der Waals surface area contributed by atoms with Gasteiger partial charge in [0.05, 0.1) is 12.1 Å². The average Bonchev–Trinajstić information content (AvgIpc) is 2.94. The molecule has 20 heavy (non-hydrogen) atoms. The smallest absolute Gasteiger partial charge is 0.234 e. The number of nitrogens with one attached hydrogen (secondary N) is 1. The largest absolute Gasteiger partial charge is 0.274 e. The minimum atomic E-state index is 0.0530. The van der Waals surface area contributed by atoms with Crippen LogP contribution in [-0.4, -0.2) is 10.9 Å². The van der Waals surface area contributed by atoms with Crippen LogP contribution in [0, 0.1) is 0 Å². The van der Waals surface area contributed by atoms with E-state index in [1.54, 1.807) is 11.9 Å². The summed E-state index contributed by atoms with van der Waals surface area (Å²) >= 11 is 0. The fraction of sp³-hybridized carbons (Fsp3) is 0.235. The molecule has 0 unspecified atom stereocenters. The second-order valence-corrected chi connectivity index (χ2v) is 5.14. The molecule has 3 nitrogen and oxygen atoms in total. The summed E-state index contributed by atoms with van der Waals surface area (Å²) in [5.41, 5.74) is 5.73. The molecule has 2 aromatic carbocycles. The summed E-state index contributed by atoms with van der Waals surface area (Å²) < 4.78 is 0. The lowest BCUT2D eigenvalue weighted by molar-refractivity contribution is -0.132. The molecular weight excluding hydrogens is 248 g/mol. The van der Waals surface area contributed by atoms with Gasteiger partial charge in [-0.25, -0.2) is 5.43 Å². The van der Waals surface area contributed by atoms with E-state index in [0.29, 0.717) is 0 Å². The highest BCUT2D eigenvalue weighted by Gasteiger charge is 2.34. The number of hydrazine groups is 1. The predicted octanol–water partition coefficient (Wildman–Crippen LogP) is 3.23. The maximum Gasteiger partial charge on any atom is 0.234 e. The second-order valence-electron chi connectivity index (χ2n) is 5.14. The van der Waals surface area contributed by atoms with Gasteiger partial charge in [-0.1, -0.05) is 60.7 Å². The van der Waals surface area contributed by atoms with Crippen molar-refractivity contribution in [2.45, 2.75) is 25.4 Å². The van der Waals surface area contributed by atoms with Crippen LogP contribution in [0.2, 0.25) is 0 Å². The van der Waals surface area contributed by atoms with E-state index in [2.05, 4.69) is 29.7 Å². The van der Waals surface area contributed by atoms with Crippen LogP contribution in [0.3, 0.4) is 0 Å². The molecule has 0 bridgehead atoms. The minimum absolute atomic E-state index is 0.0530. The minimum Gasteiger partial charge on any atom is -0.274 e. The van der Waals surface area contributed by atoms with Crippen LogP contribution in [0.25, 0.3) is 0 Å². The van der Waals surface area contributed by atoms with Gasteiger partial charge < -0.3 is 0 Å². The summed E-state index contributed by atoms with van der Waals surface area (Å²) in [7, 11) is 0. The van der Waals surface area contributed by atoms with Crippen molar-refractivity contribution >= 4 is 5.91 Å². The van der Waals surface area contributed by atoms with Gasteiger partial charge in [-0.05, 0) is 17.5 Å². The summed E-state index contributed by atoms with van der Waals surface area (Å²) in [4.78, 5) is 11.9. The van der Waals surface area contributed by atoms with Crippen LogP contribution < -0.4 is 5.43 Å². The van der Waals surface area contributed by atoms with E-state index in [1.165, 1.54) is 11.1 Å². The van der Waals surface area contributed by atoms with E-state index in [0.717, 1.165) is 6.42 Å². The molecule has 3 heteroatoms. The Morgan fingerprint density at radius 1 is 1.00 bits per heavy atom. The number of amides is 1. The topological polar surface area (TPSA) is 32.3 Å². The number of carbonyl (C=O) groups is 1. The van der Waals surface area contributed by atoms with Crippen LogP contribution in [-0.2, 0) is 4.79 Å². The maximum absolute atomic E-state index is 11.9. The third kappa shape index (κ3) is 2.45. The first-order valence-electron chi connectivity index (χ1n) is 6.91. The van der Waals surface area contributed by atoms with Gasteiger partial charge in [0.15, 0.2) is 0 Å². The van der Waals surface area contributed by atoms with Gasteiger partial charge in [0.2, 0.25) is 5.91 Å². The Morgan fingerprint density at radius 3 is 2.10 bits per heavy atom. The molecule has 1 aliphatic heterocycles. The summed E-state index contributed by atoms with van der Waals surface area (Å²) in [6.07, 6.45) is 0.896. The van der Waals surface area contributed by atoms with Crippen molar-refractivity contribution in [3.63, 3.8) is 0 Å². The average molecular weight is 266 g/mol. The summed E-state index contributed by atoms with van der Waals surface area (Å²) in [6, 6.07) is 20.7. The van der Waals surface area contributed by atoms with E-state index in [9.17, 15) is 4.79 Å².